The van der Waals surface area contributed by atoms with Crippen molar-refractivity contribution in [3.63, 3.8) is 0 Å². The van der Waals surface area contributed by atoms with Crippen LogP contribution < -0.4 is 0 Å². The molecule has 114 valence electrons. The summed E-state index contributed by atoms with van der Waals surface area (Å²) in [5, 5.41) is 16.6. The number of benzene rings is 1. The van der Waals surface area contributed by atoms with Crippen molar-refractivity contribution in [3.05, 3.63) is 35.9 Å². The molecule has 1 aromatic rings. The van der Waals surface area contributed by atoms with E-state index in [1.807, 2.05) is 6.07 Å². The molecule has 0 saturated heterocycles. The molecule has 0 aliphatic carbocycles. The molecule has 0 fully saturated rings. The maximum Gasteiger partial charge on any atom is 0.322 e. The summed E-state index contributed by atoms with van der Waals surface area (Å²) in [7, 11) is -3.81. The standard InChI is InChI=1S/C15H19NO4S/c1-15(2,11-16)8-9-21(19,20)13(14(17)18)10-12-6-4-3-5-7-12/h3-7,13H,8-10H2,1-2H3,(H,17,18). The van der Waals surface area contributed by atoms with E-state index in [-0.39, 0.29) is 18.6 Å². The van der Waals surface area contributed by atoms with Crippen molar-refractivity contribution < 1.29 is 18.3 Å². The van der Waals surface area contributed by atoms with E-state index in [4.69, 9.17) is 5.26 Å². The molecular weight excluding hydrogens is 290 g/mol. The molecular formula is C15H19NO4S. The number of hydrogen-bond acceptors (Lipinski definition) is 4. The second-order valence-electron chi connectivity index (χ2n) is 5.63. The topological polar surface area (TPSA) is 95.2 Å². The van der Waals surface area contributed by atoms with Gasteiger partial charge in [0.2, 0.25) is 0 Å². The minimum absolute atomic E-state index is 0.0640. The molecule has 0 spiro atoms. The molecule has 0 amide bonds. The first-order valence-corrected chi connectivity index (χ1v) is 8.29. The molecule has 1 aromatic carbocycles. The lowest BCUT2D eigenvalue weighted by Crippen LogP contribution is -2.35. The Labute approximate surface area is 125 Å². The smallest absolute Gasteiger partial charge is 0.322 e. The first-order chi connectivity index (χ1) is 9.68. The third-order valence-corrected chi connectivity index (χ3v) is 5.30. The van der Waals surface area contributed by atoms with E-state index in [1.165, 1.54) is 0 Å². The molecule has 0 radical (unpaired) electrons. The number of aliphatic carboxylic acids is 1. The van der Waals surface area contributed by atoms with E-state index >= 15 is 0 Å². The molecule has 0 aliphatic rings. The van der Waals surface area contributed by atoms with Crippen molar-refractivity contribution in [1.82, 2.24) is 0 Å². The van der Waals surface area contributed by atoms with Crippen LogP contribution >= 0.6 is 0 Å². The molecule has 0 saturated carbocycles. The summed E-state index contributed by atoms with van der Waals surface area (Å²) in [4.78, 5) is 11.3. The number of sulfone groups is 1. The Hall–Kier alpha value is -1.87. The maximum atomic E-state index is 12.2. The van der Waals surface area contributed by atoms with Gasteiger partial charge in [-0.1, -0.05) is 30.3 Å². The third-order valence-electron chi connectivity index (χ3n) is 3.29. The van der Waals surface area contributed by atoms with Crippen LogP contribution in [0.5, 0.6) is 0 Å². The van der Waals surface area contributed by atoms with Crippen molar-refractivity contribution >= 4 is 15.8 Å². The van der Waals surface area contributed by atoms with Gasteiger partial charge in [-0.25, -0.2) is 8.42 Å². The van der Waals surface area contributed by atoms with Gasteiger partial charge in [-0.15, -0.1) is 0 Å². The summed E-state index contributed by atoms with van der Waals surface area (Å²) in [6.07, 6.45) is 0.0515. The molecule has 0 heterocycles. The largest absolute Gasteiger partial charge is 0.480 e. The van der Waals surface area contributed by atoms with E-state index < -0.39 is 26.5 Å². The number of hydrogen-bond donors (Lipinski definition) is 1. The number of rotatable bonds is 7. The Morgan fingerprint density at radius 1 is 1.33 bits per heavy atom. The average molecular weight is 309 g/mol. The van der Waals surface area contributed by atoms with Crippen LogP contribution in [-0.2, 0) is 21.1 Å². The fraction of sp³-hybridized carbons (Fsp3) is 0.467. The maximum absolute atomic E-state index is 12.2. The average Bonchev–Trinajstić information content (AvgIpc) is 2.43. The van der Waals surface area contributed by atoms with Crippen LogP contribution in [0.25, 0.3) is 0 Å². The lowest BCUT2D eigenvalue weighted by Gasteiger charge is -2.18. The van der Waals surface area contributed by atoms with Gasteiger partial charge < -0.3 is 5.11 Å². The second kappa shape index (κ2) is 6.72. The van der Waals surface area contributed by atoms with Crippen LogP contribution in [0.2, 0.25) is 0 Å². The zero-order chi connectivity index (χ0) is 16.1. The summed E-state index contributed by atoms with van der Waals surface area (Å²) in [5.74, 6) is -1.66. The lowest BCUT2D eigenvalue weighted by atomic mass is 9.93. The molecule has 0 aliphatic heterocycles. The first-order valence-electron chi connectivity index (χ1n) is 6.57. The highest BCUT2D eigenvalue weighted by atomic mass is 32.2. The molecule has 1 unspecified atom stereocenters. The Bertz CT molecular complexity index is 629. The second-order valence-corrected chi connectivity index (χ2v) is 7.93. The van der Waals surface area contributed by atoms with E-state index in [9.17, 15) is 18.3 Å². The van der Waals surface area contributed by atoms with Crippen LogP contribution in [0.15, 0.2) is 30.3 Å². The zero-order valence-corrected chi connectivity index (χ0v) is 12.9. The van der Waals surface area contributed by atoms with Crippen LogP contribution in [0, 0.1) is 16.7 Å². The fourth-order valence-corrected chi connectivity index (χ4v) is 3.62. The molecule has 1 atom stereocenters. The molecule has 0 aromatic heterocycles. The predicted octanol–water partition coefficient (Wildman–Crippen LogP) is 2.04. The van der Waals surface area contributed by atoms with E-state index in [0.29, 0.717) is 5.56 Å². The van der Waals surface area contributed by atoms with Crippen molar-refractivity contribution in [1.29, 1.82) is 5.26 Å². The predicted molar refractivity (Wildman–Crippen MR) is 79.4 cm³/mol. The molecule has 21 heavy (non-hydrogen) atoms. The fourth-order valence-electron chi connectivity index (χ4n) is 1.79. The Kier molecular flexibility index (Phi) is 5.50. The summed E-state index contributed by atoms with van der Waals surface area (Å²) >= 11 is 0. The van der Waals surface area contributed by atoms with Gasteiger partial charge in [-0.05, 0) is 32.3 Å². The van der Waals surface area contributed by atoms with Gasteiger partial charge in [0.1, 0.15) is 0 Å². The molecule has 1 N–H and O–H groups in total. The van der Waals surface area contributed by atoms with Crippen LogP contribution in [0.1, 0.15) is 25.8 Å². The third kappa shape index (κ3) is 5.20. The molecule has 6 heteroatoms. The van der Waals surface area contributed by atoms with E-state index in [1.54, 1.807) is 44.2 Å². The Morgan fingerprint density at radius 2 is 1.90 bits per heavy atom. The van der Waals surface area contributed by atoms with E-state index in [0.717, 1.165) is 0 Å². The van der Waals surface area contributed by atoms with E-state index in [2.05, 4.69) is 0 Å². The number of carbonyl (C=O) groups is 1. The number of carboxylic acids is 1. The highest BCUT2D eigenvalue weighted by molar-refractivity contribution is 7.92. The van der Waals surface area contributed by atoms with Crippen molar-refractivity contribution in [2.75, 3.05) is 5.75 Å². The van der Waals surface area contributed by atoms with Crippen molar-refractivity contribution in [2.45, 2.75) is 31.9 Å². The van der Waals surface area contributed by atoms with Gasteiger partial charge in [0.15, 0.2) is 15.1 Å². The highest BCUT2D eigenvalue weighted by Crippen LogP contribution is 2.22. The van der Waals surface area contributed by atoms with Gasteiger partial charge in [0.05, 0.1) is 17.2 Å². The Balaban J connectivity index is 2.90. The van der Waals surface area contributed by atoms with Crippen molar-refractivity contribution in [3.8, 4) is 6.07 Å². The summed E-state index contributed by atoms with van der Waals surface area (Å²) in [5.41, 5.74) is -0.129. The van der Waals surface area contributed by atoms with Gasteiger partial charge in [-0.3, -0.25) is 4.79 Å². The quantitative estimate of drug-likeness (QED) is 0.831. The minimum atomic E-state index is -3.81. The number of carboxylic acid groups (broad SMARTS) is 1. The van der Waals surface area contributed by atoms with Gasteiger partial charge in [0, 0.05) is 0 Å². The normalized spacial score (nSPS) is 13.4. The number of nitrogens with zero attached hydrogens (tertiary/aromatic N) is 1. The highest BCUT2D eigenvalue weighted by Gasteiger charge is 2.34. The number of nitriles is 1. The minimum Gasteiger partial charge on any atom is -0.480 e. The van der Waals surface area contributed by atoms with Crippen LogP contribution in [-0.4, -0.2) is 30.5 Å². The van der Waals surface area contributed by atoms with Gasteiger partial charge in [0.25, 0.3) is 0 Å². The Morgan fingerprint density at radius 3 is 2.38 bits per heavy atom. The van der Waals surface area contributed by atoms with Crippen molar-refractivity contribution in [2.24, 2.45) is 5.41 Å². The molecule has 1 rings (SSSR count). The first kappa shape index (κ1) is 17.2. The lowest BCUT2D eigenvalue weighted by molar-refractivity contribution is -0.136. The summed E-state index contributed by atoms with van der Waals surface area (Å²) in [6, 6.07) is 10.7. The monoisotopic (exact) mass is 309 g/mol. The van der Waals surface area contributed by atoms with Gasteiger partial charge in [-0.2, -0.15) is 5.26 Å². The summed E-state index contributed by atoms with van der Waals surface area (Å²) < 4.78 is 24.5. The van der Waals surface area contributed by atoms with Crippen LogP contribution in [0.4, 0.5) is 0 Å². The zero-order valence-electron chi connectivity index (χ0n) is 12.1. The van der Waals surface area contributed by atoms with Gasteiger partial charge >= 0.3 is 5.97 Å². The van der Waals surface area contributed by atoms with Crippen LogP contribution in [0.3, 0.4) is 0 Å². The summed E-state index contributed by atoms with van der Waals surface area (Å²) in [6.45, 7) is 3.27. The molecule has 0 bridgehead atoms. The SMILES string of the molecule is CC(C)(C#N)CCS(=O)(=O)C(Cc1ccccc1)C(=O)O. The molecule has 5 nitrogen and oxygen atoms in total.